The van der Waals surface area contributed by atoms with Gasteiger partial charge in [-0.3, -0.25) is 0 Å². The standard InChI is InChI=1S/C56H47N/c1-55(2)33-34-56(3,4)53-37-40(29-32-52(53)55)38-27-30-43(31-28-38)57(44-19-13-18-41(35-44)46-25-14-17-39-15-5-7-20-45(39)46)54-26-12-11-24-50(54)51-36-42-16-6-8-21-47(42)48-22-9-10-23-49(48)51/h5-32,35-37H,33-34H2,1-4H3. The zero-order chi connectivity index (χ0) is 38.7. The zero-order valence-electron chi connectivity index (χ0n) is 33.3. The lowest BCUT2D eigenvalue weighted by atomic mass is 9.63. The molecule has 9 aromatic carbocycles. The number of para-hydroxylation sites is 1. The van der Waals surface area contributed by atoms with Gasteiger partial charge in [-0.05, 0) is 131 Å². The highest BCUT2D eigenvalue weighted by Crippen LogP contribution is 2.48. The van der Waals surface area contributed by atoms with Gasteiger partial charge in [-0.1, -0.05) is 179 Å². The summed E-state index contributed by atoms with van der Waals surface area (Å²) < 4.78 is 0. The molecule has 1 aliphatic carbocycles. The van der Waals surface area contributed by atoms with E-state index in [4.69, 9.17) is 0 Å². The summed E-state index contributed by atoms with van der Waals surface area (Å²) in [5, 5.41) is 7.54. The smallest absolute Gasteiger partial charge is 0.0540 e. The van der Waals surface area contributed by atoms with Gasteiger partial charge < -0.3 is 4.90 Å². The number of benzene rings is 9. The van der Waals surface area contributed by atoms with Crippen LogP contribution in [-0.2, 0) is 10.8 Å². The van der Waals surface area contributed by atoms with Crippen molar-refractivity contribution in [3.63, 3.8) is 0 Å². The molecule has 0 radical (unpaired) electrons. The van der Waals surface area contributed by atoms with E-state index in [0.717, 1.165) is 17.1 Å². The van der Waals surface area contributed by atoms with Crippen LogP contribution in [0.15, 0.2) is 188 Å². The average molecular weight is 734 g/mol. The molecule has 0 saturated carbocycles. The summed E-state index contributed by atoms with van der Waals surface area (Å²) in [5.74, 6) is 0. The number of hydrogen-bond donors (Lipinski definition) is 0. The van der Waals surface area contributed by atoms with Crippen LogP contribution in [0.3, 0.4) is 0 Å². The minimum atomic E-state index is 0.156. The van der Waals surface area contributed by atoms with Gasteiger partial charge in [0.05, 0.1) is 5.69 Å². The first-order valence-electron chi connectivity index (χ1n) is 20.4. The molecule has 0 unspecified atom stereocenters. The van der Waals surface area contributed by atoms with Crippen molar-refractivity contribution in [2.75, 3.05) is 4.90 Å². The average Bonchev–Trinajstić information content (AvgIpc) is 3.25. The zero-order valence-corrected chi connectivity index (χ0v) is 33.3. The summed E-state index contributed by atoms with van der Waals surface area (Å²) in [7, 11) is 0. The molecule has 9 aromatic rings. The Labute approximate surface area is 336 Å². The first kappa shape index (κ1) is 35.0. The number of fused-ring (bicyclic) bond motifs is 5. The SMILES string of the molecule is CC1(C)CCC(C)(C)c2cc(-c3ccc(N(c4cccc(-c5cccc6ccccc56)c4)c4ccccc4-c4cc5ccccc5c5ccccc45)cc3)ccc21. The van der Waals surface area contributed by atoms with Crippen LogP contribution >= 0.6 is 0 Å². The largest absolute Gasteiger partial charge is 0.310 e. The second-order valence-electron chi connectivity index (χ2n) is 17.2. The minimum Gasteiger partial charge on any atom is -0.310 e. The Kier molecular flexibility index (Phi) is 8.38. The van der Waals surface area contributed by atoms with E-state index < -0.39 is 0 Å². The highest BCUT2D eigenvalue weighted by molar-refractivity contribution is 6.15. The first-order chi connectivity index (χ1) is 27.7. The van der Waals surface area contributed by atoms with Gasteiger partial charge in [0.1, 0.15) is 0 Å². The number of rotatable bonds is 6. The molecule has 0 heterocycles. The number of nitrogens with zero attached hydrogens (tertiary/aromatic N) is 1. The molecule has 0 aliphatic heterocycles. The van der Waals surface area contributed by atoms with E-state index in [0.29, 0.717) is 0 Å². The summed E-state index contributed by atoms with van der Waals surface area (Å²) in [4.78, 5) is 2.45. The lowest BCUT2D eigenvalue weighted by Crippen LogP contribution is -2.33. The molecule has 10 rings (SSSR count). The Morgan fingerprint density at radius 1 is 0.351 bits per heavy atom. The maximum atomic E-state index is 2.47. The third-order valence-corrected chi connectivity index (χ3v) is 12.7. The molecule has 276 valence electrons. The van der Waals surface area contributed by atoms with Crippen LogP contribution in [0.2, 0.25) is 0 Å². The predicted octanol–water partition coefficient (Wildman–Crippen LogP) is 16.0. The molecular weight excluding hydrogens is 687 g/mol. The molecule has 1 nitrogen and oxygen atoms in total. The van der Waals surface area contributed by atoms with E-state index in [1.165, 1.54) is 89.7 Å². The van der Waals surface area contributed by atoms with Gasteiger partial charge >= 0.3 is 0 Å². The highest BCUT2D eigenvalue weighted by atomic mass is 15.1. The van der Waals surface area contributed by atoms with Gasteiger partial charge in [0.25, 0.3) is 0 Å². The van der Waals surface area contributed by atoms with Crippen molar-refractivity contribution in [1.82, 2.24) is 0 Å². The summed E-state index contributed by atoms with van der Waals surface area (Å²) in [6, 6.07) is 69.7. The van der Waals surface area contributed by atoms with Crippen molar-refractivity contribution >= 4 is 49.4 Å². The maximum absolute atomic E-state index is 2.47. The lowest BCUT2D eigenvalue weighted by molar-refractivity contribution is 0.332. The van der Waals surface area contributed by atoms with Crippen LogP contribution in [0, 0.1) is 0 Å². The van der Waals surface area contributed by atoms with E-state index in [1.54, 1.807) is 0 Å². The first-order valence-corrected chi connectivity index (χ1v) is 20.4. The highest BCUT2D eigenvalue weighted by Gasteiger charge is 2.37. The quantitative estimate of drug-likeness (QED) is 0.154. The van der Waals surface area contributed by atoms with Crippen LogP contribution in [0.4, 0.5) is 17.1 Å². The fourth-order valence-electron chi connectivity index (χ4n) is 9.46. The lowest BCUT2D eigenvalue weighted by Gasteiger charge is -2.42. The Bertz CT molecular complexity index is 2960. The van der Waals surface area contributed by atoms with Gasteiger partial charge in [0.2, 0.25) is 0 Å². The van der Waals surface area contributed by atoms with Crippen LogP contribution in [0.25, 0.3) is 65.7 Å². The molecule has 0 bridgehead atoms. The second-order valence-corrected chi connectivity index (χ2v) is 17.2. The van der Waals surface area contributed by atoms with Crippen LogP contribution in [-0.4, -0.2) is 0 Å². The Morgan fingerprint density at radius 2 is 0.947 bits per heavy atom. The normalized spacial score (nSPS) is 14.5. The van der Waals surface area contributed by atoms with Crippen molar-refractivity contribution in [2.45, 2.75) is 51.4 Å². The van der Waals surface area contributed by atoms with Crippen molar-refractivity contribution in [1.29, 1.82) is 0 Å². The molecule has 0 spiro atoms. The van der Waals surface area contributed by atoms with Crippen molar-refractivity contribution in [3.05, 3.63) is 199 Å². The summed E-state index contributed by atoms with van der Waals surface area (Å²) >= 11 is 0. The van der Waals surface area contributed by atoms with Gasteiger partial charge in [-0.15, -0.1) is 0 Å². The van der Waals surface area contributed by atoms with E-state index in [9.17, 15) is 0 Å². The molecule has 0 aromatic heterocycles. The van der Waals surface area contributed by atoms with E-state index in [1.807, 2.05) is 0 Å². The van der Waals surface area contributed by atoms with Crippen molar-refractivity contribution < 1.29 is 0 Å². The molecule has 0 amide bonds. The van der Waals surface area contributed by atoms with Crippen LogP contribution in [0.1, 0.15) is 51.7 Å². The Morgan fingerprint density at radius 3 is 1.75 bits per heavy atom. The van der Waals surface area contributed by atoms with E-state index in [-0.39, 0.29) is 10.8 Å². The summed E-state index contributed by atoms with van der Waals surface area (Å²) in [5.41, 5.74) is 14.1. The Hall–Kier alpha value is -6.44. The second kappa shape index (κ2) is 13.6. The molecule has 0 saturated heterocycles. The van der Waals surface area contributed by atoms with Crippen LogP contribution in [0.5, 0.6) is 0 Å². The fourth-order valence-corrected chi connectivity index (χ4v) is 9.46. The monoisotopic (exact) mass is 733 g/mol. The molecule has 1 aliphatic rings. The van der Waals surface area contributed by atoms with Gasteiger partial charge in [-0.25, -0.2) is 0 Å². The topological polar surface area (TPSA) is 3.24 Å². The minimum absolute atomic E-state index is 0.156. The molecule has 57 heavy (non-hydrogen) atoms. The third kappa shape index (κ3) is 6.10. The number of hydrogen-bond acceptors (Lipinski definition) is 1. The third-order valence-electron chi connectivity index (χ3n) is 12.7. The van der Waals surface area contributed by atoms with Crippen molar-refractivity contribution in [2.24, 2.45) is 0 Å². The van der Waals surface area contributed by atoms with Gasteiger partial charge in [-0.2, -0.15) is 0 Å². The van der Waals surface area contributed by atoms with E-state index >= 15 is 0 Å². The molecule has 1 heteroatoms. The maximum Gasteiger partial charge on any atom is 0.0540 e. The molecule has 0 N–H and O–H groups in total. The molecular formula is C56H47N. The molecule has 0 atom stereocenters. The van der Waals surface area contributed by atoms with Crippen molar-refractivity contribution in [3.8, 4) is 33.4 Å². The van der Waals surface area contributed by atoms with Crippen LogP contribution < -0.4 is 4.90 Å². The Balaban J connectivity index is 1.16. The predicted molar refractivity (Wildman–Crippen MR) is 245 cm³/mol. The fraction of sp³-hybridized carbons (Fsp3) is 0.143. The van der Waals surface area contributed by atoms with E-state index in [2.05, 4.69) is 221 Å². The summed E-state index contributed by atoms with van der Waals surface area (Å²) in [6.45, 7) is 9.62. The summed E-state index contributed by atoms with van der Waals surface area (Å²) in [6.07, 6.45) is 2.42. The van der Waals surface area contributed by atoms with Gasteiger partial charge in [0, 0.05) is 16.9 Å². The van der Waals surface area contributed by atoms with Gasteiger partial charge in [0.15, 0.2) is 0 Å². The number of anilines is 3. The molecule has 0 fully saturated rings.